The van der Waals surface area contributed by atoms with Crippen molar-refractivity contribution in [3.8, 4) is 0 Å². The minimum Gasteiger partial charge on any atom is -0.341 e. The summed E-state index contributed by atoms with van der Waals surface area (Å²) in [7, 11) is 0. The summed E-state index contributed by atoms with van der Waals surface area (Å²) in [6.45, 7) is 2.97. The van der Waals surface area contributed by atoms with E-state index in [0.29, 0.717) is 13.1 Å². The summed E-state index contributed by atoms with van der Waals surface area (Å²) in [5.41, 5.74) is 1.07. The summed E-state index contributed by atoms with van der Waals surface area (Å²) in [6.07, 6.45) is 1.93. The third kappa shape index (κ3) is 1.85. The van der Waals surface area contributed by atoms with Crippen molar-refractivity contribution >= 4 is 22.5 Å². The molecule has 0 N–H and O–H groups in total. The van der Waals surface area contributed by atoms with Crippen LogP contribution in [0.5, 0.6) is 0 Å². The van der Waals surface area contributed by atoms with Crippen molar-refractivity contribution in [2.24, 2.45) is 0 Å². The number of aromatic nitrogens is 1. The fourth-order valence-electron chi connectivity index (χ4n) is 2.47. The van der Waals surface area contributed by atoms with Crippen molar-refractivity contribution in [2.45, 2.75) is 13.0 Å². The second-order valence-electron chi connectivity index (χ2n) is 4.80. The van der Waals surface area contributed by atoms with Crippen LogP contribution < -0.4 is 0 Å². The van der Waals surface area contributed by atoms with E-state index in [9.17, 15) is 14.9 Å². The van der Waals surface area contributed by atoms with Crippen LogP contribution in [0.1, 0.15) is 13.0 Å². The molecule has 1 aliphatic heterocycles. The molecule has 2 aromatic rings. The molecule has 6 heteroatoms. The second kappa shape index (κ2) is 4.08. The zero-order chi connectivity index (χ0) is 13.6. The number of non-ortho nitro benzene ring substituents is 1. The number of nitro benzene ring substituents is 1. The summed E-state index contributed by atoms with van der Waals surface area (Å²) >= 11 is 0. The molecule has 0 aliphatic carbocycles. The highest BCUT2D eigenvalue weighted by atomic mass is 16.6. The van der Waals surface area contributed by atoms with Crippen molar-refractivity contribution in [2.75, 3.05) is 13.1 Å². The summed E-state index contributed by atoms with van der Waals surface area (Å²) in [5, 5.41) is 11.6. The maximum atomic E-state index is 11.2. The predicted molar refractivity (Wildman–Crippen MR) is 69.9 cm³/mol. The van der Waals surface area contributed by atoms with E-state index in [-0.39, 0.29) is 17.6 Å². The molecule has 0 bridgehead atoms. The standard InChI is InChI=1S/C13H13N3O3/c1-9(17)14-7-12(8-14)15-5-4-10-6-11(16(18)19)2-3-13(10)15/h2-6,12H,7-8H2,1H3. The largest absolute Gasteiger partial charge is 0.341 e. The van der Waals surface area contributed by atoms with Crippen molar-refractivity contribution in [1.82, 2.24) is 9.47 Å². The monoisotopic (exact) mass is 259 g/mol. The molecule has 0 radical (unpaired) electrons. The van der Waals surface area contributed by atoms with E-state index in [4.69, 9.17) is 0 Å². The Labute approximate surface area is 109 Å². The lowest BCUT2D eigenvalue weighted by Gasteiger charge is -2.39. The molecule has 0 spiro atoms. The van der Waals surface area contributed by atoms with Crippen molar-refractivity contribution in [3.63, 3.8) is 0 Å². The third-order valence-corrected chi connectivity index (χ3v) is 3.62. The van der Waals surface area contributed by atoms with Crippen LogP contribution in [0.3, 0.4) is 0 Å². The van der Waals surface area contributed by atoms with Gasteiger partial charge in [-0.15, -0.1) is 0 Å². The van der Waals surface area contributed by atoms with Crippen LogP contribution in [0.15, 0.2) is 30.5 Å². The van der Waals surface area contributed by atoms with Gasteiger partial charge in [-0.3, -0.25) is 14.9 Å². The summed E-state index contributed by atoms with van der Waals surface area (Å²) in [6, 6.07) is 7.00. The highest BCUT2D eigenvalue weighted by Gasteiger charge is 2.30. The predicted octanol–water partition coefficient (Wildman–Crippen LogP) is 1.95. The van der Waals surface area contributed by atoms with Gasteiger partial charge in [-0.1, -0.05) is 0 Å². The van der Waals surface area contributed by atoms with E-state index >= 15 is 0 Å². The Kier molecular flexibility index (Phi) is 2.51. The number of nitro groups is 1. The molecule has 1 amide bonds. The van der Waals surface area contributed by atoms with Gasteiger partial charge in [-0.05, 0) is 12.1 Å². The van der Waals surface area contributed by atoms with Gasteiger partial charge in [0, 0.05) is 49.2 Å². The Morgan fingerprint density at radius 2 is 2.11 bits per heavy atom. The Balaban J connectivity index is 1.90. The molecule has 0 saturated carbocycles. The van der Waals surface area contributed by atoms with Crippen LogP contribution in [0.2, 0.25) is 0 Å². The number of rotatable bonds is 2. The van der Waals surface area contributed by atoms with Crippen molar-refractivity contribution < 1.29 is 9.72 Å². The number of hydrogen-bond donors (Lipinski definition) is 0. The third-order valence-electron chi connectivity index (χ3n) is 3.62. The normalized spacial score (nSPS) is 15.5. The summed E-state index contributed by atoms with van der Waals surface area (Å²) in [5.74, 6) is 0.0864. The highest BCUT2D eigenvalue weighted by molar-refractivity contribution is 5.83. The van der Waals surface area contributed by atoms with Crippen LogP contribution in [0.4, 0.5) is 5.69 Å². The van der Waals surface area contributed by atoms with E-state index < -0.39 is 4.92 Å². The van der Waals surface area contributed by atoms with Crippen LogP contribution in [0.25, 0.3) is 10.9 Å². The number of carbonyl (C=O) groups is 1. The Hall–Kier alpha value is -2.37. The van der Waals surface area contributed by atoms with E-state index in [2.05, 4.69) is 4.57 Å². The second-order valence-corrected chi connectivity index (χ2v) is 4.80. The van der Waals surface area contributed by atoms with Crippen LogP contribution in [0, 0.1) is 10.1 Å². The number of hydrogen-bond acceptors (Lipinski definition) is 3. The minimum absolute atomic E-state index is 0.0864. The first kappa shape index (κ1) is 11.7. The fourth-order valence-corrected chi connectivity index (χ4v) is 2.47. The zero-order valence-corrected chi connectivity index (χ0v) is 10.4. The molecule has 0 atom stereocenters. The number of nitrogens with zero attached hydrogens (tertiary/aromatic N) is 3. The van der Waals surface area contributed by atoms with E-state index in [1.165, 1.54) is 6.07 Å². The number of benzene rings is 1. The molecule has 0 unspecified atom stereocenters. The van der Waals surface area contributed by atoms with Gasteiger partial charge in [0.15, 0.2) is 0 Å². The Bertz CT molecular complexity index is 671. The molecular weight excluding hydrogens is 246 g/mol. The molecule has 19 heavy (non-hydrogen) atoms. The molecule has 6 nitrogen and oxygen atoms in total. The fraction of sp³-hybridized carbons (Fsp3) is 0.308. The molecule has 1 aromatic heterocycles. The van der Waals surface area contributed by atoms with Crippen LogP contribution >= 0.6 is 0 Å². The van der Waals surface area contributed by atoms with Gasteiger partial charge in [0.1, 0.15) is 0 Å². The number of amides is 1. The number of carbonyl (C=O) groups excluding carboxylic acids is 1. The summed E-state index contributed by atoms with van der Waals surface area (Å²) in [4.78, 5) is 23.3. The first-order valence-electron chi connectivity index (χ1n) is 6.07. The maximum Gasteiger partial charge on any atom is 0.270 e. The van der Waals surface area contributed by atoms with E-state index in [0.717, 1.165) is 10.9 Å². The minimum atomic E-state index is -0.391. The molecule has 1 aromatic carbocycles. The molecule has 3 rings (SSSR count). The van der Waals surface area contributed by atoms with Crippen molar-refractivity contribution in [3.05, 3.63) is 40.6 Å². The first-order valence-corrected chi connectivity index (χ1v) is 6.07. The molecule has 1 fully saturated rings. The van der Waals surface area contributed by atoms with Gasteiger partial charge in [0.25, 0.3) is 5.69 Å². The average molecular weight is 259 g/mol. The molecular formula is C13H13N3O3. The van der Waals surface area contributed by atoms with Gasteiger partial charge < -0.3 is 9.47 Å². The lowest BCUT2D eigenvalue weighted by atomic mass is 10.1. The zero-order valence-electron chi connectivity index (χ0n) is 10.4. The lowest BCUT2D eigenvalue weighted by molar-refractivity contribution is -0.384. The molecule has 1 aliphatic rings. The van der Waals surface area contributed by atoms with Gasteiger partial charge >= 0.3 is 0 Å². The van der Waals surface area contributed by atoms with Crippen LogP contribution in [-0.4, -0.2) is 33.4 Å². The summed E-state index contributed by atoms with van der Waals surface area (Å²) < 4.78 is 2.08. The molecule has 1 saturated heterocycles. The van der Waals surface area contributed by atoms with Gasteiger partial charge in [0.05, 0.1) is 11.0 Å². The van der Waals surface area contributed by atoms with Crippen molar-refractivity contribution in [1.29, 1.82) is 0 Å². The first-order chi connectivity index (χ1) is 9.06. The quantitative estimate of drug-likeness (QED) is 0.611. The van der Waals surface area contributed by atoms with Gasteiger partial charge in [0.2, 0.25) is 5.91 Å². The highest BCUT2D eigenvalue weighted by Crippen LogP contribution is 2.28. The van der Waals surface area contributed by atoms with E-state index in [1.807, 2.05) is 12.3 Å². The van der Waals surface area contributed by atoms with Gasteiger partial charge in [-0.2, -0.15) is 0 Å². The molecule has 98 valence electrons. The smallest absolute Gasteiger partial charge is 0.270 e. The van der Waals surface area contributed by atoms with Crippen LogP contribution in [-0.2, 0) is 4.79 Å². The average Bonchev–Trinajstić information content (AvgIpc) is 2.69. The Morgan fingerprint density at radius 3 is 2.74 bits per heavy atom. The SMILES string of the molecule is CC(=O)N1CC(n2ccc3cc([N+](=O)[O-])ccc32)C1. The lowest BCUT2D eigenvalue weighted by Crippen LogP contribution is -2.49. The molecule has 2 heterocycles. The topological polar surface area (TPSA) is 68.4 Å². The Morgan fingerprint density at radius 1 is 1.37 bits per heavy atom. The number of likely N-dealkylation sites (tertiary alicyclic amines) is 1. The maximum absolute atomic E-state index is 11.2. The number of fused-ring (bicyclic) bond motifs is 1. The van der Waals surface area contributed by atoms with E-state index in [1.54, 1.807) is 24.0 Å². The van der Waals surface area contributed by atoms with Gasteiger partial charge in [-0.25, -0.2) is 0 Å².